The van der Waals surface area contributed by atoms with E-state index in [1.807, 2.05) is 25.3 Å². The summed E-state index contributed by atoms with van der Waals surface area (Å²) in [7, 11) is 2.14. The Labute approximate surface area is 171 Å². The zero-order valence-corrected chi connectivity index (χ0v) is 17.2. The predicted octanol–water partition coefficient (Wildman–Crippen LogP) is 3.50. The molecule has 0 fully saturated rings. The van der Waals surface area contributed by atoms with Crippen LogP contribution in [0.5, 0.6) is 0 Å². The van der Waals surface area contributed by atoms with Crippen LogP contribution < -0.4 is 5.32 Å². The number of fused-ring (bicyclic) bond motifs is 3. The van der Waals surface area contributed by atoms with Crippen molar-refractivity contribution in [3.8, 4) is 0 Å². The van der Waals surface area contributed by atoms with Gasteiger partial charge in [-0.05, 0) is 62.2 Å². The molecule has 1 aromatic carbocycles. The number of nitrogens with one attached hydrogen (secondary N) is 1. The zero-order valence-electron chi connectivity index (χ0n) is 16.5. The molecule has 0 spiro atoms. The van der Waals surface area contributed by atoms with Crippen LogP contribution in [0.15, 0.2) is 47.1 Å². The topological polar surface area (TPSA) is 52.8 Å². The van der Waals surface area contributed by atoms with Crippen LogP contribution in [-0.4, -0.2) is 46.7 Å². The fourth-order valence-electron chi connectivity index (χ4n) is 4.19. The maximum Gasteiger partial charge on any atom is 0.104 e. The second kappa shape index (κ2) is 7.74. The Bertz CT molecular complexity index is 971. The van der Waals surface area contributed by atoms with Gasteiger partial charge in [-0.3, -0.25) is 4.99 Å². The molecule has 0 radical (unpaired) electrons. The van der Waals surface area contributed by atoms with Crippen LogP contribution in [0.1, 0.15) is 24.6 Å². The Morgan fingerprint density at radius 2 is 2.21 bits per heavy atom. The van der Waals surface area contributed by atoms with Crippen molar-refractivity contribution in [2.45, 2.75) is 38.5 Å². The van der Waals surface area contributed by atoms with Crippen LogP contribution in [-0.2, 0) is 19.5 Å². The van der Waals surface area contributed by atoms with E-state index in [1.54, 1.807) is 6.34 Å². The number of likely N-dealkylation sites (N-methyl/N-ethyl adjacent to an activating group) is 1. The molecule has 2 aliphatic heterocycles. The van der Waals surface area contributed by atoms with Gasteiger partial charge in [0.05, 0.1) is 12.9 Å². The number of hydrogen-bond acceptors (Lipinski definition) is 4. The molecule has 28 heavy (non-hydrogen) atoms. The lowest BCUT2D eigenvalue weighted by Gasteiger charge is -2.30. The van der Waals surface area contributed by atoms with Crippen molar-refractivity contribution in [1.29, 1.82) is 0 Å². The highest BCUT2D eigenvalue weighted by Gasteiger charge is 2.30. The van der Waals surface area contributed by atoms with Gasteiger partial charge in [-0.1, -0.05) is 17.7 Å². The van der Waals surface area contributed by atoms with Crippen LogP contribution in [0.2, 0.25) is 5.02 Å². The van der Waals surface area contributed by atoms with Crippen molar-refractivity contribution in [1.82, 2.24) is 14.8 Å². The molecule has 2 aromatic rings. The minimum Gasteiger partial charge on any atom is -0.384 e. The lowest BCUT2D eigenvalue weighted by Crippen LogP contribution is -2.35. The van der Waals surface area contributed by atoms with E-state index in [9.17, 15) is 5.11 Å². The number of halogens is 1. The van der Waals surface area contributed by atoms with E-state index in [-0.39, 0.29) is 0 Å². The molecule has 148 valence electrons. The summed E-state index contributed by atoms with van der Waals surface area (Å²) >= 11 is 6.30. The highest BCUT2D eigenvalue weighted by atomic mass is 35.5. The molecular weight excluding hydrogens is 372 g/mol. The third kappa shape index (κ3) is 3.75. The van der Waals surface area contributed by atoms with E-state index in [4.69, 9.17) is 11.6 Å². The summed E-state index contributed by atoms with van der Waals surface area (Å²) in [5, 5.41) is 16.4. The van der Waals surface area contributed by atoms with Crippen LogP contribution in [0.3, 0.4) is 0 Å². The molecule has 1 aromatic heterocycles. The second-order valence-electron chi connectivity index (χ2n) is 7.92. The van der Waals surface area contributed by atoms with Gasteiger partial charge in [-0.15, -0.1) is 0 Å². The van der Waals surface area contributed by atoms with Crippen LogP contribution in [0.4, 0.5) is 0 Å². The van der Waals surface area contributed by atoms with Gasteiger partial charge in [0.25, 0.3) is 0 Å². The first-order chi connectivity index (χ1) is 13.5. The molecule has 3 heterocycles. The van der Waals surface area contributed by atoms with Crippen LogP contribution in [0.25, 0.3) is 10.9 Å². The Morgan fingerprint density at radius 3 is 3.07 bits per heavy atom. The number of nitrogens with zero attached hydrogens (tertiary/aromatic N) is 3. The molecule has 1 atom stereocenters. The molecule has 0 aliphatic carbocycles. The van der Waals surface area contributed by atoms with Gasteiger partial charge in [0.1, 0.15) is 5.60 Å². The first kappa shape index (κ1) is 19.2. The van der Waals surface area contributed by atoms with E-state index in [1.165, 1.54) is 16.6 Å². The number of aromatic nitrogens is 1. The minimum atomic E-state index is -1.00. The third-order valence-corrected chi connectivity index (χ3v) is 5.88. The number of aliphatic hydroxyl groups is 1. The lowest BCUT2D eigenvalue weighted by atomic mass is 9.94. The number of benzene rings is 1. The summed E-state index contributed by atoms with van der Waals surface area (Å²) < 4.78 is 2.28. The van der Waals surface area contributed by atoms with Crippen molar-refractivity contribution in [3.63, 3.8) is 0 Å². The van der Waals surface area contributed by atoms with Crippen LogP contribution in [0, 0.1) is 0 Å². The van der Waals surface area contributed by atoms with E-state index in [0.29, 0.717) is 13.1 Å². The fourth-order valence-corrected chi connectivity index (χ4v) is 4.36. The smallest absolute Gasteiger partial charge is 0.104 e. The number of aliphatic imine (C=N–C) groups is 1. The van der Waals surface area contributed by atoms with E-state index >= 15 is 0 Å². The maximum atomic E-state index is 11.5. The molecule has 1 unspecified atom stereocenters. The Balaban J connectivity index is 1.76. The lowest BCUT2D eigenvalue weighted by molar-refractivity contribution is 0.0820. The molecule has 0 saturated heterocycles. The average molecular weight is 399 g/mol. The van der Waals surface area contributed by atoms with E-state index < -0.39 is 5.60 Å². The van der Waals surface area contributed by atoms with E-state index in [2.05, 4.69) is 45.0 Å². The van der Waals surface area contributed by atoms with Gasteiger partial charge < -0.3 is 19.9 Å². The molecule has 6 heteroatoms. The summed E-state index contributed by atoms with van der Waals surface area (Å²) in [6, 6.07) is 6.08. The zero-order chi connectivity index (χ0) is 19.7. The SMILES string of the molecule is CN1CCc2c(n(CC(C)(O)C3=C/CCN=CN/C=C\3)c3ccc(Cl)cc23)C1. The quantitative estimate of drug-likeness (QED) is 0.832. The Kier molecular flexibility index (Phi) is 5.32. The van der Waals surface area contributed by atoms with Gasteiger partial charge >= 0.3 is 0 Å². The highest BCUT2D eigenvalue weighted by molar-refractivity contribution is 6.31. The fraction of sp³-hybridized carbons (Fsp3) is 0.409. The Morgan fingerprint density at radius 1 is 1.36 bits per heavy atom. The third-order valence-electron chi connectivity index (χ3n) is 5.65. The summed E-state index contributed by atoms with van der Waals surface area (Å²) in [6.07, 6.45) is 9.35. The normalized spacial score (nSPS) is 22.9. The molecule has 5 nitrogen and oxygen atoms in total. The summed E-state index contributed by atoms with van der Waals surface area (Å²) in [4.78, 5) is 6.59. The van der Waals surface area contributed by atoms with Gasteiger partial charge in [0.2, 0.25) is 0 Å². The average Bonchev–Trinajstić information content (AvgIpc) is 3.01. The largest absolute Gasteiger partial charge is 0.384 e. The molecule has 2 N–H and O–H groups in total. The summed E-state index contributed by atoms with van der Waals surface area (Å²) in [5.41, 5.74) is 3.68. The summed E-state index contributed by atoms with van der Waals surface area (Å²) in [5.74, 6) is 0. The molecule has 0 saturated carbocycles. The monoisotopic (exact) mass is 398 g/mol. The van der Waals surface area contributed by atoms with Gasteiger partial charge in [-0.2, -0.15) is 0 Å². The first-order valence-electron chi connectivity index (χ1n) is 9.78. The van der Waals surface area contributed by atoms with Crippen molar-refractivity contribution < 1.29 is 5.11 Å². The molecule has 2 aliphatic rings. The maximum absolute atomic E-state index is 11.5. The van der Waals surface area contributed by atoms with Gasteiger partial charge in [0, 0.05) is 47.5 Å². The van der Waals surface area contributed by atoms with Gasteiger partial charge in [0.15, 0.2) is 0 Å². The Hall–Kier alpha value is -2.08. The van der Waals surface area contributed by atoms with Crippen molar-refractivity contribution in [2.24, 2.45) is 4.99 Å². The van der Waals surface area contributed by atoms with E-state index in [0.717, 1.165) is 42.0 Å². The van der Waals surface area contributed by atoms with Crippen molar-refractivity contribution in [2.75, 3.05) is 20.1 Å². The van der Waals surface area contributed by atoms with Crippen molar-refractivity contribution in [3.05, 3.63) is 58.4 Å². The molecule has 4 rings (SSSR count). The molecule has 0 amide bonds. The number of hydrogen-bond donors (Lipinski definition) is 2. The highest BCUT2D eigenvalue weighted by Crippen LogP contribution is 2.34. The summed E-state index contributed by atoms with van der Waals surface area (Å²) in [6.45, 7) is 5.00. The van der Waals surface area contributed by atoms with Gasteiger partial charge in [-0.25, -0.2) is 0 Å². The molecular formula is C22H27ClN4O. The van der Waals surface area contributed by atoms with Crippen molar-refractivity contribution >= 4 is 28.8 Å². The minimum absolute atomic E-state index is 0.491. The molecule has 0 bridgehead atoms. The number of rotatable bonds is 3. The standard InChI is InChI=1S/C22H27ClN4O/c1-22(28,16-4-3-9-24-15-25-10-7-16)14-27-20-6-5-17(23)12-19(20)18-8-11-26(2)13-21(18)27/h4-7,10,12,15,28H,3,8-9,11,13-14H2,1-2H3,(H,24,25)/b10-7-,16-4+. The second-order valence-corrected chi connectivity index (χ2v) is 8.35. The van der Waals surface area contributed by atoms with Crippen LogP contribution >= 0.6 is 11.6 Å². The first-order valence-corrected chi connectivity index (χ1v) is 10.2. The predicted molar refractivity (Wildman–Crippen MR) is 116 cm³/mol.